The maximum absolute atomic E-state index is 12.9. The van der Waals surface area contributed by atoms with Gasteiger partial charge in [-0.25, -0.2) is 0 Å². The van der Waals surface area contributed by atoms with Crippen LogP contribution in [0.2, 0.25) is 5.02 Å². The Labute approximate surface area is 231 Å². The molecule has 0 spiro atoms. The molecule has 0 aliphatic carbocycles. The molecule has 2 atom stereocenters. The Hall–Kier alpha value is -2.68. The second-order valence-electron chi connectivity index (χ2n) is 9.72. The highest BCUT2D eigenvalue weighted by Gasteiger charge is 2.37. The zero-order chi connectivity index (χ0) is 27.0. The second-order valence-corrected chi connectivity index (χ2v) is 12.2. The fourth-order valence-corrected chi connectivity index (χ4v) is 6.64. The number of piperazine rings is 1. The van der Waals surface area contributed by atoms with Gasteiger partial charge in [0.15, 0.2) is 10.5 Å². The highest BCUT2D eigenvalue weighted by atomic mass is 35.5. The molecule has 2 amide bonds. The van der Waals surface area contributed by atoms with E-state index in [-0.39, 0.29) is 32.4 Å². The average molecular weight is 578 g/mol. The summed E-state index contributed by atoms with van der Waals surface area (Å²) in [4.78, 5) is 45.5. The number of rotatable bonds is 6. The third-order valence-corrected chi connectivity index (χ3v) is 9.51. The van der Waals surface area contributed by atoms with Crippen LogP contribution in [0.5, 0.6) is 5.88 Å². The van der Waals surface area contributed by atoms with E-state index in [4.69, 9.17) is 17.3 Å². The van der Waals surface area contributed by atoms with Crippen molar-refractivity contribution in [2.75, 3.05) is 31.5 Å². The van der Waals surface area contributed by atoms with Gasteiger partial charge in [-0.1, -0.05) is 36.4 Å². The first-order chi connectivity index (χ1) is 18.2. The number of thioether (sulfide) groups is 1. The summed E-state index contributed by atoms with van der Waals surface area (Å²) < 4.78 is 1.19. The van der Waals surface area contributed by atoms with Crippen LogP contribution in [0, 0.1) is 5.41 Å². The van der Waals surface area contributed by atoms with E-state index in [0.29, 0.717) is 18.0 Å². The Balaban J connectivity index is 1.24. The maximum atomic E-state index is 12.9. The molecule has 11 nitrogen and oxygen atoms in total. The first-order valence-corrected chi connectivity index (χ1v) is 14.3. The van der Waals surface area contributed by atoms with E-state index in [1.54, 1.807) is 23.6 Å². The van der Waals surface area contributed by atoms with Crippen molar-refractivity contribution in [3.8, 4) is 5.88 Å². The molecule has 2 aromatic heterocycles. The van der Waals surface area contributed by atoms with Crippen molar-refractivity contribution in [1.29, 1.82) is 0 Å². The number of thiazole rings is 1. The van der Waals surface area contributed by atoms with Gasteiger partial charge in [-0.3, -0.25) is 29.0 Å². The van der Waals surface area contributed by atoms with Crippen LogP contribution in [0.3, 0.4) is 0 Å². The largest absolute Gasteiger partial charge is 0.492 e. The molecule has 3 aromatic rings. The third-order valence-electron chi connectivity index (χ3n) is 7.07. The Kier molecular flexibility index (Phi) is 7.67. The molecule has 6 N–H and O–H groups in total. The molecular weight excluding hydrogens is 550 g/mol. The van der Waals surface area contributed by atoms with Gasteiger partial charge < -0.3 is 21.5 Å². The minimum absolute atomic E-state index is 0.0991. The SMILES string of the molecule is CC1(CN)CCN(C2NCC(Sc3cccc(NC(=O)c4c(O)nc5sccn5c4=O)c3Cl)NC2=O)CC1. The van der Waals surface area contributed by atoms with E-state index in [0.717, 1.165) is 37.3 Å². The summed E-state index contributed by atoms with van der Waals surface area (Å²) in [6.45, 7) is 4.96. The van der Waals surface area contributed by atoms with Gasteiger partial charge in [0, 0.05) is 36.1 Å². The van der Waals surface area contributed by atoms with E-state index in [9.17, 15) is 19.5 Å². The summed E-state index contributed by atoms with van der Waals surface area (Å²) in [5.41, 5.74) is 5.14. The van der Waals surface area contributed by atoms with Crippen LogP contribution in [0.15, 0.2) is 39.5 Å². The molecule has 2 saturated heterocycles. The molecule has 0 bridgehead atoms. The number of nitrogens with two attached hydrogens (primary N) is 1. The van der Waals surface area contributed by atoms with E-state index >= 15 is 0 Å². The lowest BCUT2D eigenvalue weighted by Crippen LogP contribution is -2.65. The molecule has 202 valence electrons. The molecule has 2 fully saturated rings. The summed E-state index contributed by atoms with van der Waals surface area (Å²) in [7, 11) is 0. The van der Waals surface area contributed by atoms with Gasteiger partial charge in [0.1, 0.15) is 6.17 Å². The first-order valence-electron chi connectivity index (χ1n) is 12.1. The van der Waals surface area contributed by atoms with Gasteiger partial charge in [0.05, 0.1) is 16.1 Å². The smallest absolute Gasteiger partial charge is 0.275 e. The van der Waals surface area contributed by atoms with Crippen LogP contribution < -0.4 is 27.2 Å². The number of nitrogens with zero attached hydrogens (tertiary/aromatic N) is 3. The van der Waals surface area contributed by atoms with Crippen LogP contribution in [-0.4, -0.2) is 68.9 Å². The van der Waals surface area contributed by atoms with Gasteiger partial charge >= 0.3 is 0 Å². The van der Waals surface area contributed by atoms with Gasteiger partial charge in [-0.2, -0.15) is 4.98 Å². The average Bonchev–Trinajstić information content (AvgIpc) is 3.36. The Morgan fingerprint density at radius 3 is 2.84 bits per heavy atom. The van der Waals surface area contributed by atoms with E-state index in [1.807, 2.05) is 0 Å². The number of amides is 2. The van der Waals surface area contributed by atoms with E-state index in [2.05, 4.69) is 32.8 Å². The van der Waals surface area contributed by atoms with Crippen molar-refractivity contribution in [2.24, 2.45) is 11.1 Å². The number of piperidine rings is 1. The van der Waals surface area contributed by atoms with Crippen molar-refractivity contribution in [2.45, 2.75) is 36.2 Å². The van der Waals surface area contributed by atoms with Crippen LogP contribution in [0.4, 0.5) is 5.69 Å². The van der Waals surface area contributed by atoms with Gasteiger partial charge in [-0.15, -0.1) is 11.3 Å². The normalized spacial score (nSPS) is 21.8. The predicted octanol–water partition coefficient (Wildman–Crippen LogP) is 1.89. The highest BCUT2D eigenvalue weighted by Crippen LogP contribution is 2.36. The Morgan fingerprint density at radius 1 is 1.37 bits per heavy atom. The quantitative estimate of drug-likeness (QED) is 0.295. The maximum Gasteiger partial charge on any atom is 0.275 e. The molecule has 5 rings (SSSR count). The van der Waals surface area contributed by atoms with Gasteiger partial charge in [0.2, 0.25) is 5.88 Å². The predicted molar refractivity (Wildman–Crippen MR) is 148 cm³/mol. The number of halogens is 1. The fraction of sp³-hybridized carbons (Fsp3) is 0.417. The number of carbonyl (C=O) groups is 2. The van der Waals surface area contributed by atoms with Crippen molar-refractivity contribution < 1.29 is 14.7 Å². The number of fused-ring (bicyclic) bond motifs is 1. The van der Waals surface area contributed by atoms with Gasteiger partial charge in [-0.05, 0) is 36.9 Å². The summed E-state index contributed by atoms with van der Waals surface area (Å²) >= 11 is 9.12. The number of carbonyl (C=O) groups excluding carboxylic acids is 2. The lowest BCUT2D eigenvalue weighted by molar-refractivity contribution is -0.130. The standard InChI is InChI=1S/C24H28ClN7O4S2/c1-24(12-26)5-7-31(8-6-24)18-21(35)29-15(11-27-18)38-14-4-2-3-13(17(14)25)28-19(33)16-20(34)30-23-32(22(16)36)9-10-37-23/h2-4,9-10,15,18,27,34H,5-8,11-12,26H2,1H3,(H,28,33)(H,29,35). The lowest BCUT2D eigenvalue weighted by atomic mass is 9.80. The lowest BCUT2D eigenvalue weighted by Gasteiger charge is -2.43. The number of hydrogen-bond acceptors (Lipinski definition) is 10. The number of hydrogen-bond donors (Lipinski definition) is 5. The second kappa shape index (κ2) is 10.8. The Bertz CT molecular complexity index is 1440. The van der Waals surface area contributed by atoms with Crippen molar-refractivity contribution in [3.63, 3.8) is 0 Å². The summed E-state index contributed by atoms with van der Waals surface area (Å²) in [6.07, 6.45) is 2.98. The zero-order valence-electron chi connectivity index (χ0n) is 20.6. The Morgan fingerprint density at radius 2 is 2.13 bits per heavy atom. The van der Waals surface area contributed by atoms with Crippen molar-refractivity contribution in [3.05, 3.63) is 50.7 Å². The molecule has 0 saturated carbocycles. The van der Waals surface area contributed by atoms with Crippen LogP contribution >= 0.6 is 34.7 Å². The molecule has 2 aliphatic heterocycles. The number of likely N-dealkylation sites (tertiary alicyclic amines) is 1. The zero-order valence-corrected chi connectivity index (χ0v) is 23.0. The molecular formula is C24H28ClN7O4S2. The molecule has 1 aromatic carbocycles. The van der Waals surface area contributed by atoms with Crippen LogP contribution in [0.25, 0.3) is 4.96 Å². The van der Waals surface area contributed by atoms with Crippen LogP contribution in [0.1, 0.15) is 30.1 Å². The molecule has 14 heteroatoms. The minimum Gasteiger partial charge on any atom is -0.492 e. The number of aromatic nitrogens is 2. The first kappa shape index (κ1) is 26.9. The number of anilines is 1. The molecule has 0 radical (unpaired) electrons. The van der Waals surface area contributed by atoms with E-state index < -0.39 is 29.1 Å². The van der Waals surface area contributed by atoms with Crippen LogP contribution in [-0.2, 0) is 4.79 Å². The fourth-order valence-electron chi connectivity index (χ4n) is 4.60. The summed E-state index contributed by atoms with van der Waals surface area (Å²) in [5, 5.41) is 20.8. The molecule has 2 unspecified atom stereocenters. The summed E-state index contributed by atoms with van der Waals surface area (Å²) in [6, 6.07) is 5.08. The monoisotopic (exact) mass is 577 g/mol. The molecule has 4 heterocycles. The number of benzene rings is 1. The summed E-state index contributed by atoms with van der Waals surface area (Å²) in [5.74, 6) is -1.58. The molecule has 2 aliphatic rings. The molecule has 38 heavy (non-hydrogen) atoms. The minimum atomic E-state index is -0.826. The third kappa shape index (κ3) is 5.26. The van der Waals surface area contributed by atoms with Crippen molar-refractivity contribution in [1.82, 2.24) is 24.9 Å². The van der Waals surface area contributed by atoms with E-state index in [1.165, 1.54) is 22.4 Å². The van der Waals surface area contributed by atoms with Gasteiger partial charge in [0.25, 0.3) is 17.4 Å². The number of aromatic hydroxyl groups is 1. The number of nitrogens with one attached hydrogen (secondary N) is 3. The van der Waals surface area contributed by atoms with Crippen molar-refractivity contribution >= 4 is 57.2 Å². The highest BCUT2D eigenvalue weighted by molar-refractivity contribution is 8.00. The topological polar surface area (TPSA) is 154 Å².